The first-order valence-electron chi connectivity index (χ1n) is 10.7. The molecular formula is C26H24N2O5. The fourth-order valence-corrected chi connectivity index (χ4v) is 3.46. The van der Waals surface area contributed by atoms with Gasteiger partial charge in [0.25, 0.3) is 5.91 Å². The number of ether oxygens (including phenoxy) is 2. The van der Waals surface area contributed by atoms with Gasteiger partial charge in [0.05, 0.1) is 5.56 Å². The van der Waals surface area contributed by atoms with Gasteiger partial charge in [0, 0.05) is 24.3 Å². The first-order valence-corrected chi connectivity index (χ1v) is 10.7. The molecule has 1 heterocycles. The second kappa shape index (κ2) is 9.99. The van der Waals surface area contributed by atoms with Gasteiger partial charge in [-0.1, -0.05) is 18.2 Å². The summed E-state index contributed by atoms with van der Waals surface area (Å²) < 4.78 is 11.0. The van der Waals surface area contributed by atoms with E-state index in [2.05, 4.69) is 5.32 Å². The van der Waals surface area contributed by atoms with Crippen LogP contribution in [-0.2, 0) is 14.3 Å². The van der Waals surface area contributed by atoms with Crippen LogP contribution in [0.15, 0.2) is 78.9 Å². The predicted octanol–water partition coefficient (Wildman–Crippen LogP) is 4.79. The topological polar surface area (TPSA) is 84.9 Å². The van der Waals surface area contributed by atoms with Gasteiger partial charge >= 0.3 is 5.97 Å². The zero-order valence-electron chi connectivity index (χ0n) is 18.2. The number of benzene rings is 3. The number of nitrogens with zero attached hydrogens (tertiary/aromatic N) is 1. The molecule has 3 aromatic rings. The monoisotopic (exact) mass is 444 g/mol. The lowest BCUT2D eigenvalue weighted by Gasteiger charge is -2.16. The number of carbonyl (C=O) groups excluding carboxylic acids is 3. The zero-order valence-corrected chi connectivity index (χ0v) is 18.2. The molecule has 0 radical (unpaired) electrons. The molecule has 7 nitrogen and oxygen atoms in total. The second-order valence-corrected chi connectivity index (χ2v) is 7.67. The van der Waals surface area contributed by atoms with E-state index in [1.165, 1.54) is 6.92 Å². The molecule has 7 heteroatoms. The predicted molar refractivity (Wildman–Crippen MR) is 124 cm³/mol. The highest BCUT2D eigenvalue weighted by atomic mass is 16.5. The summed E-state index contributed by atoms with van der Waals surface area (Å²) in [6.45, 7) is 2.19. The minimum absolute atomic E-state index is 0.0790. The number of hydrogen-bond donors (Lipinski definition) is 1. The number of nitrogens with one attached hydrogen (secondary N) is 1. The van der Waals surface area contributed by atoms with Crippen molar-refractivity contribution in [2.24, 2.45) is 0 Å². The van der Waals surface area contributed by atoms with Gasteiger partial charge < -0.3 is 19.7 Å². The first kappa shape index (κ1) is 22.1. The largest absolute Gasteiger partial charge is 0.457 e. The van der Waals surface area contributed by atoms with Gasteiger partial charge in [0.1, 0.15) is 11.5 Å². The Hall–Kier alpha value is -4.13. The number of carbonyl (C=O) groups is 3. The van der Waals surface area contributed by atoms with E-state index < -0.39 is 18.0 Å². The van der Waals surface area contributed by atoms with Crippen molar-refractivity contribution < 1.29 is 23.9 Å². The minimum Gasteiger partial charge on any atom is -0.457 e. The van der Waals surface area contributed by atoms with Crippen molar-refractivity contribution in [3.05, 3.63) is 84.4 Å². The molecule has 0 bridgehead atoms. The average molecular weight is 444 g/mol. The van der Waals surface area contributed by atoms with E-state index in [1.54, 1.807) is 53.4 Å². The van der Waals surface area contributed by atoms with E-state index >= 15 is 0 Å². The Morgan fingerprint density at radius 3 is 2.21 bits per heavy atom. The highest BCUT2D eigenvalue weighted by molar-refractivity contribution is 5.98. The van der Waals surface area contributed by atoms with Crippen molar-refractivity contribution >= 4 is 29.2 Å². The lowest BCUT2D eigenvalue weighted by molar-refractivity contribution is -0.123. The van der Waals surface area contributed by atoms with Gasteiger partial charge in [0.15, 0.2) is 6.10 Å². The van der Waals surface area contributed by atoms with E-state index in [1.807, 2.05) is 30.3 Å². The maximum atomic E-state index is 12.5. The van der Waals surface area contributed by atoms with Gasteiger partial charge in [-0.15, -0.1) is 0 Å². The number of amides is 2. The van der Waals surface area contributed by atoms with Crippen molar-refractivity contribution in [2.75, 3.05) is 16.8 Å². The number of para-hydroxylation sites is 1. The van der Waals surface area contributed by atoms with Gasteiger partial charge in [-0.25, -0.2) is 4.79 Å². The van der Waals surface area contributed by atoms with Crippen LogP contribution in [0.4, 0.5) is 11.4 Å². The summed E-state index contributed by atoms with van der Waals surface area (Å²) in [5, 5.41) is 2.72. The standard InChI is InChI=1S/C26H24N2O5/c1-18(32-26(31)19-9-13-21(14-10-19)28-17-5-8-24(28)29)25(30)27-20-11-15-23(16-12-20)33-22-6-3-2-4-7-22/h2-4,6-7,9-16,18H,5,8,17H2,1H3,(H,27,30)/t18-/m0/s1. The third-order valence-electron chi connectivity index (χ3n) is 5.24. The summed E-state index contributed by atoms with van der Waals surface area (Å²) >= 11 is 0. The summed E-state index contributed by atoms with van der Waals surface area (Å²) in [6, 6.07) is 22.9. The van der Waals surface area contributed by atoms with Gasteiger partial charge in [-0.2, -0.15) is 0 Å². The Kier molecular flexibility index (Phi) is 6.69. The lowest BCUT2D eigenvalue weighted by Crippen LogP contribution is -2.30. The first-order chi connectivity index (χ1) is 16.0. The molecule has 0 spiro atoms. The smallest absolute Gasteiger partial charge is 0.338 e. The molecule has 1 saturated heterocycles. The highest BCUT2D eigenvalue weighted by Crippen LogP contribution is 2.24. The highest BCUT2D eigenvalue weighted by Gasteiger charge is 2.23. The van der Waals surface area contributed by atoms with E-state index in [0.29, 0.717) is 30.0 Å². The van der Waals surface area contributed by atoms with Crippen LogP contribution in [0.1, 0.15) is 30.1 Å². The van der Waals surface area contributed by atoms with Gasteiger partial charge in [-0.3, -0.25) is 9.59 Å². The Bertz CT molecular complexity index is 1130. The summed E-state index contributed by atoms with van der Waals surface area (Å²) in [7, 11) is 0. The number of hydrogen-bond acceptors (Lipinski definition) is 5. The molecule has 1 aliphatic rings. The Morgan fingerprint density at radius 1 is 0.909 bits per heavy atom. The SMILES string of the molecule is C[C@H](OC(=O)c1ccc(N2CCCC2=O)cc1)C(=O)Nc1ccc(Oc2ccccc2)cc1. The van der Waals surface area contributed by atoms with E-state index in [9.17, 15) is 14.4 Å². The molecular weight excluding hydrogens is 420 g/mol. The van der Waals surface area contributed by atoms with Crippen LogP contribution >= 0.6 is 0 Å². The molecule has 1 fully saturated rings. The zero-order chi connectivity index (χ0) is 23.2. The molecule has 4 rings (SSSR count). The van der Waals surface area contributed by atoms with Crippen LogP contribution in [0.2, 0.25) is 0 Å². The Labute approximate surface area is 191 Å². The molecule has 0 saturated carbocycles. The average Bonchev–Trinajstić information content (AvgIpc) is 3.27. The van der Waals surface area contributed by atoms with Crippen molar-refractivity contribution in [1.82, 2.24) is 0 Å². The third kappa shape index (κ3) is 5.57. The summed E-state index contributed by atoms with van der Waals surface area (Å²) in [5.74, 6) is 0.380. The third-order valence-corrected chi connectivity index (χ3v) is 5.24. The lowest BCUT2D eigenvalue weighted by atomic mass is 10.2. The fraction of sp³-hybridized carbons (Fsp3) is 0.192. The number of anilines is 2. The van der Waals surface area contributed by atoms with Crippen LogP contribution in [-0.4, -0.2) is 30.4 Å². The summed E-state index contributed by atoms with van der Waals surface area (Å²) in [5.41, 5.74) is 1.62. The summed E-state index contributed by atoms with van der Waals surface area (Å²) in [6.07, 6.45) is 0.384. The maximum absolute atomic E-state index is 12.5. The molecule has 0 aliphatic carbocycles. The van der Waals surface area contributed by atoms with E-state index in [-0.39, 0.29) is 5.91 Å². The molecule has 3 aromatic carbocycles. The molecule has 2 amide bonds. The quantitative estimate of drug-likeness (QED) is 0.530. The van der Waals surface area contributed by atoms with Crippen molar-refractivity contribution in [1.29, 1.82) is 0 Å². The fourth-order valence-electron chi connectivity index (χ4n) is 3.46. The second-order valence-electron chi connectivity index (χ2n) is 7.67. The minimum atomic E-state index is -0.988. The van der Waals surface area contributed by atoms with Crippen LogP contribution in [0, 0.1) is 0 Å². The Morgan fingerprint density at radius 2 is 1.58 bits per heavy atom. The molecule has 1 atom stereocenters. The van der Waals surface area contributed by atoms with Crippen LogP contribution < -0.4 is 15.0 Å². The summed E-state index contributed by atoms with van der Waals surface area (Å²) in [4.78, 5) is 38.4. The molecule has 0 aromatic heterocycles. The molecule has 1 aliphatic heterocycles. The Balaban J connectivity index is 1.30. The molecule has 33 heavy (non-hydrogen) atoms. The maximum Gasteiger partial charge on any atom is 0.338 e. The van der Waals surface area contributed by atoms with Crippen LogP contribution in [0.3, 0.4) is 0 Å². The molecule has 1 N–H and O–H groups in total. The normalized spacial score (nSPS) is 14.0. The number of rotatable bonds is 7. The van der Waals surface area contributed by atoms with E-state index in [4.69, 9.17) is 9.47 Å². The van der Waals surface area contributed by atoms with Crippen molar-refractivity contribution in [3.8, 4) is 11.5 Å². The molecule has 168 valence electrons. The van der Waals surface area contributed by atoms with Gasteiger partial charge in [0.2, 0.25) is 5.91 Å². The molecule has 0 unspecified atom stereocenters. The number of esters is 1. The van der Waals surface area contributed by atoms with Gasteiger partial charge in [-0.05, 0) is 74.0 Å². The van der Waals surface area contributed by atoms with Crippen molar-refractivity contribution in [3.63, 3.8) is 0 Å². The van der Waals surface area contributed by atoms with Crippen LogP contribution in [0.5, 0.6) is 11.5 Å². The van der Waals surface area contributed by atoms with Crippen LogP contribution in [0.25, 0.3) is 0 Å². The van der Waals surface area contributed by atoms with Crippen molar-refractivity contribution in [2.45, 2.75) is 25.9 Å². The van der Waals surface area contributed by atoms with E-state index in [0.717, 1.165) is 17.9 Å².